The molecule has 0 aliphatic rings. The predicted molar refractivity (Wildman–Crippen MR) is 84.9 cm³/mol. The second-order valence-corrected chi connectivity index (χ2v) is 5.81. The molecule has 0 radical (unpaired) electrons. The van der Waals surface area contributed by atoms with Gasteiger partial charge in [0.05, 0.1) is 12.9 Å². The fourth-order valence-corrected chi connectivity index (χ4v) is 2.77. The maximum Gasteiger partial charge on any atom is 0.172 e. The van der Waals surface area contributed by atoms with Crippen LogP contribution in [0.3, 0.4) is 0 Å². The van der Waals surface area contributed by atoms with Gasteiger partial charge in [0.25, 0.3) is 0 Å². The smallest absolute Gasteiger partial charge is 0.172 e. The van der Waals surface area contributed by atoms with Crippen LogP contribution in [0.25, 0.3) is 0 Å². The molecule has 0 saturated carbocycles. The number of methoxy groups -OCH3 is 1. The monoisotopic (exact) mass is 324 g/mol. The number of halogens is 2. The Morgan fingerprint density at radius 3 is 2.57 bits per heavy atom. The average Bonchev–Trinajstić information content (AvgIpc) is 2.49. The Bertz CT molecular complexity index is 629. The molecular weight excluding hydrogens is 311 g/mol. The number of Topliss-reactive ketones (excluding diaryl/α,β-unsaturated/α-hetero) is 1. The maximum atomic E-state index is 13.5. The van der Waals surface area contributed by atoms with Gasteiger partial charge < -0.3 is 4.74 Å². The topological polar surface area (TPSA) is 26.3 Å². The normalized spacial score (nSPS) is 10.4. The van der Waals surface area contributed by atoms with Gasteiger partial charge in [-0.2, -0.15) is 0 Å². The fourth-order valence-electron chi connectivity index (χ4n) is 1.77. The van der Waals surface area contributed by atoms with Gasteiger partial charge in [0.2, 0.25) is 0 Å². The first-order chi connectivity index (χ1) is 10.1. The Kier molecular flexibility index (Phi) is 5.65. The summed E-state index contributed by atoms with van der Waals surface area (Å²) in [5.41, 5.74) is 1.45. The molecule has 5 heteroatoms. The lowest BCUT2D eigenvalue weighted by Gasteiger charge is -2.05. The summed E-state index contributed by atoms with van der Waals surface area (Å²) in [6.07, 6.45) is 0. The number of ketones is 1. The summed E-state index contributed by atoms with van der Waals surface area (Å²) in [5, 5.41) is 0.688. The van der Waals surface area contributed by atoms with E-state index in [-0.39, 0.29) is 11.5 Å². The minimum atomic E-state index is -0.522. The lowest BCUT2D eigenvalue weighted by atomic mass is 10.1. The number of rotatable bonds is 6. The van der Waals surface area contributed by atoms with Crippen LogP contribution in [0, 0.1) is 5.82 Å². The van der Waals surface area contributed by atoms with Crippen molar-refractivity contribution in [3.05, 3.63) is 64.4 Å². The number of benzene rings is 2. The zero-order valence-corrected chi connectivity index (χ0v) is 13.0. The van der Waals surface area contributed by atoms with E-state index in [0.29, 0.717) is 22.1 Å². The molecule has 0 unspecified atom stereocenters. The van der Waals surface area contributed by atoms with Gasteiger partial charge in [-0.25, -0.2) is 4.39 Å². The highest BCUT2D eigenvalue weighted by Gasteiger charge is 2.10. The Morgan fingerprint density at radius 2 is 1.95 bits per heavy atom. The van der Waals surface area contributed by atoms with Crippen LogP contribution in [0.5, 0.6) is 5.75 Å². The third kappa shape index (κ3) is 4.48. The minimum Gasteiger partial charge on any atom is -0.494 e. The second-order valence-electron chi connectivity index (χ2n) is 4.39. The zero-order valence-electron chi connectivity index (χ0n) is 11.4. The number of thioether (sulfide) groups is 1. The van der Waals surface area contributed by atoms with Crippen molar-refractivity contribution in [2.45, 2.75) is 5.75 Å². The van der Waals surface area contributed by atoms with Gasteiger partial charge >= 0.3 is 0 Å². The van der Waals surface area contributed by atoms with Gasteiger partial charge in [0.1, 0.15) is 0 Å². The maximum absolute atomic E-state index is 13.5. The summed E-state index contributed by atoms with van der Waals surface area (Å²) >= 11 is 7.29. The van der Waals surface area contributed by atoms with Gasteiger partial charge in [-0.05, 0) is 35.9 Å². The van der Waals surface area contributed by atoms with Crippen LogP contribution in [0.1, 0.15) is 15.9 Å². The largest absolute Gasteiger partial charge is 0.494 e. The molecule has 0 aliphatic carbocycles. The summed E-state index contributed by atoms with van der Waals surface area (Å²) in [6.45, 7) is 0. The van der Waals surface area contributed by atoms with E-state index >= 15 is 0 Å². The molecular formula is C16H14ClFO2S. The molecule has 21 heavy (non-hydrogen) atoms. The molecule has 0 bridgehead atoms. The van der Waals surface area contributed by atoms with Crippen molar-refractivity contribution < 1.29 is 13.9 Å². The summed E-state index contributed by atoms with van der Waals surface area (Å²) in [5.74, 6) is 0.526. The first-order valence-corrected chi connectivity index (χ1v) is 7.82. The zero-order chi connectivity index (χ0) is 15.2. The van der Waals surface area contributed by atoms with Gasteiger partial charge in [-0.3, -0.25) is 4.79 Å². The first kappa shape index (κ1) is 15.9. The molecule has 0 fully saturated rings. The number of hydrogen-bond donors (Lipinski definition) is 0. The summed E-state index contributed by atoms with van der Waals surface area (Å²) in [6, 6.07) is 11.7. The molecule has 0 aromatic heterocycles. The molecule has 2 aromatic rings. The number of carbonyl (C=O) groups excluding carboxylic acids is 1. The standard InChI is InChI=1S/C16H14ClFO2S/c1-20-16-7-4-12(8-14(16)18)15(19)10-21-9-11-2-5-13(17)6-3-11/h2-8H,9-10H2,1H3. The number of carbonyl (C=O) groups is 1. The highest BCUT2D eigenvalue weighted by Crippen LogP contribution is 2.20. The van der Waals surface area contributed by atoms with Crippen LogP contribution in [-0.4, -0.2) is 18.6 Å². The summed E-state index contributed by atoms with van der Waals surface area (Å²) in [4.78, 5) is 12.0. The van der Waals surface area contributed by atoms with Crippen molar-refractivity contribution in [1.29, 1.82) is 0 Å². The van der Waals surface area contributed by atoms with E-state index in [1.165, 1.54) is 31.0 Å². The fraction of sp³-hybridized carbons (Fsp3) is 0.188. The molecule has 0 N–H and O–H groups in total. The van der Waals surface area contributed by atoms with E-state index in [1.54, 1.807) is 6.07 Å². The van der Waals surface area contributed by atoms with Gasteiger partial charge in [0.15, 0.2) is 17.3 Å². The summed E-state index contributed by atoms with van der Waals surface area (Å²) < 4.78 is 18.4. The Morgan fingerprint density at radius 1 is 1.24 bits per heavy atom. The lowest BCUT2D eigenvalue weighted by molar-refractivity contribution is 0.102. The second kappa shape index (κ2) is 7.48. The first-order valence-electron chi connectivity index (χ1n) is 6.29. The molecule has 0 heterocycles. The molecule has 0 spiro atoms. The van der Waals surface area contributed by atoms with Crippen molar-refractivity contribution in [2.75, 3.05) is 12.9 Å². The Balaban J connectivity index is 1.89. The van der Waals surface area contributed by atoms with E-state index in [2.05, 4.69) is 0 Å². The Hall–Kier alpha value is -1.52. The highest BCUT2D eigenvalue weighted by atomic mass is 35.5. The third-order valence-electron chi connectivity index (χ3n) is 2.89. The van der Waals surface area contributed by atoms with Crippen molar-refractivity contribution in [3.63, 3.8) is 0 Å². The third-order valence-corrected chi connectivity index (χ3v) is 4.14. The number of hydrogen-bond acceptors (Lipinski definition) is 3. The van der Waals surface area contributed by atoms with Gasteiger partial charge in [-0.15, -0.1) is 11.8 Å². The molecule has 0 saturated heterocycles. The van der Waals surface area contributed by atoms with Gasteiger partial charge in [-0.1, -0.05) is 23.7 Å². The minimum absolute atomic E-state index is 0.101. The average molecular weight is 325 g/mol. The van der Waals surface area contributed by atoms with Crippen molar-refractivity contribution in [1.82, 2.24) is 0 Å². The van der Waals surface area contributed by atoms with Gasteiger partial charge in [0, 0.05) is 16.3 Å². The van der Waals surface area contributed by atoms with Crippen molar-refractivity contribution in [2.24, 2.45) is 0 Å². The molecule has 0 atom stereocenters. The van der Waals surface area contributed by atoms with E-state index in [0.717, 1.165) is 5.56 Å². The molecule has 2 nitrogen and oxygen atoms in total. The van der Waals surface area contributed by atoms with Crippen molar-refractivity contribution >= 4 is 29.1 Å². The van der Waals surface area contributed by atoms with E-state index < -0.39 is 5.82 Å². The predicted octanol–water partition coefficient (Wildman–Crippen LogP) is 4.60. The molecule has 2 rings (SSSR count). The van der Waals surface area contributed by atoms with Crippen LogP contribution in [-0.2, 0) is 5.75 Å². The van der Waals surface area contributed by atoms with E-state index in [4.69, 9.17) is 16.3 Å². The quantitative estimate of drug-likeness (QED) is 0.726. The van der Waals surface area contributed by atoms with Crippen LogP contribution in [0.15, 0.2) is 42.5 Å². The van der Waals surface area contributed by atoms with Crippen LogP contribution < -0.4 is 4.74 Å². The van der Waals surface area contributed by atoms with E-state index in [1.807, 2.05) is 24.3 Å². The molecule has 0 amide bonds. The lowest BCUT2D eigenvalue weighted by Crippen LogP contribution is -2.03. The number of ether oxygens (including phenoxy) is 1. The van der Waals surface area contributed by atoms with Crippen LogP contribution in [0.2, 0.25) is 5.02 Å². The van der Waals surface area contributed by atoms with Crippen molar-refractivity contribution in [3.8, 4) is 5.75 Å². The van der Waals surface area contributed by atoms with E-state index in [9.17, 15) is 9.18 Å². The highest BCUT2D eigenvalue weighted by molar-refractivity contribution is 7.99. The van der Waals surface area contributed by atoms with Crippen LogP contribution in [0.4, 0.5) is 4.39 Å². The molecule has 2 aromatic carbocycles. The Labute approximate surface area is 132 Å². The van der Waals surface area contributed by atoms with Crippen LogP contribution >= 0.6 is 23.4 Å². The molecule has 110 valence electrons. The molecule has 0 aliphatic heterocycles. The SMILES string of the molecule is COc1ccc(C(=O)CSCc2ccc(Cl)cc2)cc1F. The summed E-state index contributed by atoms with van der Waals surface area (Å²) in [7, 11) is 1.39.